The summed E-state index contributed by atoms with van der Waals surface area (Å²) >= 11 is 0. The van der Waals surface area contributed by atoms with Gasteiger partial charge >= 0.3 is 0 Å². The van der Waals surface area contributed by atoms with Crippen molar-refractivity contribution in [2.75, 3.05) is 13.2 Å². The van der Waals surface area contributed by atoms with Gasteiger partial charge in [-0.05, 0) is 12.8 Å². The summed E-state index contributed by atoms with van der Waals surface area (Å²) in [6.45, 7) is 2.00. The van der Waals surface area contributed by atoms with E-state index in [1.807, 2.05) is 6.92 Å². The van der Waals surface area contributed by atoms with Crippen molar-refractivity contribution < 1.29 is 15.3 Å². The van der Waals surface area contributed by atoms with Crippen LogP contribution >= 0.6 is 0 Å². The van der Waals surface area contributed by atoms with Gasteiger partial charge in [0.2, 0.25) is 0 Å². The summed E-state index contributed by atoms with van der Waals surface area (Å²) in [4.78, 5) is 0. The normalized spacial score (nSPS) is 16.4. The highest BCUT2D eigenvalue weighted by Crippen LogP contribution is 2.12. The van der Waals surface area contributed by atoms with Crippen LogP contribution < -0.4 is 0 Å². The number of hydrogen-bond donors (Lipinski definition) is 3. The summed E-state index contributed by atoms with van der Waals surface area (Å²) < 4.78 is 0. The SMILES string of the molecule is CCCC(CO)C(O)CCO. The zero-order valence-electron chi connectivity index (χ0n) is 7.03. The second-order valence-corrected chi connectivity index (χ2v) is 2.81. The van der Waals surface area contributed by atoms with Crippen LogP contribution in [-0.4, -0.2) is 34.6 Å². The van der Waals surface area contributed by atoms with Gasteiger partial charge in [0.05, 0.1) is 6.10 Å². The quantitative estimate of drug-likeness (QED) is 0.520. The summed E-state index contributed by atoms with van der Waals surface area (Å²) in [5.74, 6) is -0.0628. The molecule has 0 aromatic heterocycles. The molecule has 0 heterocycles. The standard InChI is InChI=1S/C8H18O3/c1-2-3-7(6-10)8(11)4-5-9/h7-11H,2-6H2,1H3. The third kappa shape index (κ3) is 4.35. The molecule has 3 N–H and O–H groups in total. The van der Waals surface area contributed by atoms with E-state index in [2.05, 4.69) is 0 Å². The fraction of sp³-hybridized carbons (Fsp3) is 1.00. The molecule has 0 fully saturated rings. The number of aliphatic hydroxyl groups excluding tert-OH is 3. The molecule has 2 unspecified atom stereocenters. The van der Waals surface area contributed by atoms with E-state index in [-0.39, 0.29) is 19.1 Å². The minimum absolute atomic E-state index is 0.00894. The topological polar surface area (TPSA) is 60.7 Å². The molecule has 68 valence electrons. The van der Waals surface area contributed by atoms with Crippen molar-refractivity contribution in [2.45, 2.75) is 32.3 Å². The van der Waals surface area contributed by atoms with Crippen LogP contribution in [0, 0.1) is 5.92 Å². The Balaban J connectivity index is 3.61. The molecule has 3 heteroatoms. The molecular formula is C8H18O3. The second-order valence-electron chi connectivity index (χ2n) is 2.81. The van der Waals surface area contributed by atoms with Crippen LogP contribution in [0.2, 0.25) is 0 Å². The molecule has 0 aromatic carbocycles. The average molecular weight is 162 g/mol. The minimum atomic E-state index is -0.551. The Morgan fingerprint density at radius 3 is 2.18 bits per heavy atom. The Kier molecular flexibility index (Phi) is 6.51. The maximum atomic E-state index is 9.32. The van der Waals surface area contributed by atoms with Crippen LogP contribution in [0.15, 0.2) is 0 Å². The molecule has 0 saturated heterocycles. The number of rotatable bonds is 6. The van der Waals surface area contributed by atoms with Gasteiger partial charge in [0, 0.05) is 19.1 Å². The predicted molar refractivity (Wildman–Crippen MR) is 43.2 cm³/mol. The van der Waals surface area contributed by atoms with Crippen LogP contribution in [0.3, 0.4) is 0 Å². The van der Waals surface area contributed by atoms with E-state index in [1.54, 1.807) is 0 Å². The zero-order chi connectivity index (χ0) is 8.69. The number of aliphatic hydroxyl groups is 3. The molecule has 3 nitrogen and oxygen atoms in total. The van der Waals surface area contributed by atoms with Gasteiger partial charge in [0.25, 0.3) is 0 Å². The summed E-state index contributed by atoms with van der Waals surface area (Å²) in [6, 6.07) is 0. The van der Waals surface area contributed by atoms with Crippen molar-refractivity contribution in [1.82, 2.24) is 0 Å². The van der Waals surface area contributed by atoms with Gasteiger partial charge in [-0.1, -0.05) is 13.3 Å². The van der Waals surface area contributed by atoms with E-state index in [0.717, 1.165) is 12.8 Å². The molecule has 0 aliphatic rings. The molecule has 0 saturated carbocycles. The highest BCUT2D eigenvalue weighted by Gasteiger charge is 2.16. The van der Waals surface area contributed by atoms with Crippen LogP contribution in [-0.2, 0) is 0 Å². The predicted octanol–water partition coefficient (Wildman–Crippen LogP) is 0.138. The van der Waals surface area contributed by atoms with Crippen LogP contribution in [0.4, 0.5) is 0 Å². The first-order valence-corrected chi connectivity index (χ1v) is 4.16. The van der Waals surface area contributed by atoms with E-state index in [4.69, 9.17) is 10.2 Å². The van der Waals surface area contributed by atoms with Gasteiger partial charge in [-0.25, -0.2) is 0 Å². The Labute approximate surface area is 67.7 Å². The summed E-state index contributed by atoms with van der Waals surface area (Å²) in [5.41, 5.74) is 0. The smallest absolute Gasteiger partial charge is 0.0612 e. The van der Waals surface area contributed by atoms with E-state index in [1.165, 1.54) is 0 Å². The molecule has 0 aromatic rings. The highest BCUT2D eigenvalue weighted by molar-refractivity contribution is 4.66. The monoisotopic (exact) mass is 162 g/mol. The van der Waals surface area contributed by atoms with Crippen molar-refractivity contribution in [1.29, 1.82) is 0 Å². The van der Waals surface area contributed by atoms with Gasteiger partial charge < -0.3 is 15.3 Å². The van der Waals surface area contributed by atoms with Crippen LogP contribution in [0.25, 0.3) is 0 Å². The second kappa shape index (κ2) is 6.58. The molecular weight excluding hydrogens is 144 g/mol. The lowest BCUT2D eigenvalue weighted by Crippen LogP contribution is -2.24. The highest BCUT2D eigenvalue weighted by atomic mass is 16.3. The summed E-state index contributed by atoms with van der Waals surface area (Å²) in [7, 11) is 0. The fourth-order valence-electron chi connectivity index (χ4n) is 1.14. The zero-order valence-corrected chi connectivity index (χ0v) is 7.03. The van der Waals surface area contributed by atoms with Gasteiger partial charge in [-0.3, -0.25) is 0 Å². The van der Waals surface area contributed by atoms with Crippen LogP contribution in [0.1, 0.15) is 26.2 Å². The Morgan fingerprint density at radius 1 is 1.18 bits per heavy atom. The minimum Gasteiger partial charge on any atom is -0.396 e. The fourth-order valence-corrected chi connectivity index (χ4v) is 1.14. The van der Waals surface area contributed by atoms with E-state index < -0.39 is 6.10 Å². The van der Waals surface area contributed by atoms with Crippen molar-refractivity contribution >= 4 is 0 Å². The van der Waals surface area contributed by atoms with Crippen molar-refractivity contribution in [3.63, 3.8) is 0 Å². The van der Waals surface area contributed by atoms with Crippen LogP contribution in [0.5, 0.6) is 0 Å². The first-order chi connectivity index (χ1) is 5.26. The lowest BCUT2D eigenvalue weighted by atomic mass is 9.96. The molecule has 0 amide bonds. The Morgan fingerprint density at radius 2 is 1.82 bits per heavy atom. The Hall–Kier alpha value is -0.120. The maximum absolute atomic E-state index is 9.32. The molecule has 0 radical (unpaired) electrons. The molecule has 0 bridgehead atoms. The number of hydrogen-bond acceptors (Lipinski definition) is 3. The largest absolute Gasteiger partial charge is 0.396 e. The molecule has 2 atom stereocenters. The van der Waals surface area contributed by atoms with Crippen molar-refractivity contribution in [3.05, 3.63) is 0 Å². The van der Waals surface area contributed by atoms with Gasteiger partial charge in [0.15, 0.2) is 0 Å². The molecule has 0 aliphatic carbocycles. The Bertz CT molecular complexity index is 85.4. The first-order valence-electron chi connectivity index (χ1n) is 4.16. The van der Waals surface area contributed by atoms with Gasteiger partial charge in [-0.2, -0.15) is 0 Å². The third-order valence-electron chi connectivity index (χ3n) is 1.86. The van der Waals surface area contributed by atoms with Gasteiger partial charge in [0.1, 0.15) is 0 Å². The molecule has 0 spiro atoms. The molecule has 11 heavy (non-hydrogen) atoms. The molecule has 0 rings (SSSR count). The van der Waals surface area contributed by atoms with Crippen molar-refractivity contribution in [3.8, 4) is 0 Å². The average Bonchev–Trinajstić information content (AvgIpc) is 2.00. The summed E-state index contributed by atoms with van der Waals surface area (Å²) in [5, 5.41) is 26.6. The van der Waals surface area contributed by atoms with E-state index in [0.29, 0.717) is 6.42 Å². The van der Waals surface area contributed by atoms with E-state index >= 15 is 0 Å². The summed E-state index contributed by atoms with van der Waals surface area (Å²) in [6.07, 6.45) is 1.58. The van der Waals surface area contributed by atoms with Crippen molar-refractivity contribution in [2.24, 2.45) is 5.92 Å². The van der Waals surface area contributed by atoms with E-state index in [9.17, 15) is 5.11 Å². The first kappa shape index (κ1) is 10.9. The maximum Gasteiger partial charge on any atom is 0.0612 e. The lowest BCUT2D eigenvalue weighted by Gasteiger charge is -2.18. The third-order valence-corrected chi connectivity index (χ3v) is 1.86. The lowest BCUT2D eigenvalue weighted by molar-refractivity contribution is 0.0432. The molecule has 0 aliphatic heterocycles. The van der Waals surface area contributed by atoms with Gasteiger partial charge in [-0.15, -0.1) is 0 Å².